The van der Waals surface area contributed by atoms with Crippen LogP contribution in [0.15, 0.2) is 24.3 Å². The Labute approximate surface area is 124 Å². The second-order valence-corrected chi connectivity index (χ2v) is 11.6. The van der Waals surface area contributed by atoms with E-state index in [2.05, 4.69) is 59.0 Å². The fraction of sp³-hybridized carbons (Fsp3) is 0.529. The zero-order valence-electron chi connectivity index (χ0n) is 13.7. The number of rotatable bonds is 5. The van der Waals surface area contributed by atoms with Gasteiger partial charge in [-0.05, 0) is 41.7 Å². The van der Waals surface area contributed by atoms with Crippen LogP contribution in [0.5, 0.6) is 0 Å². The highest BCUT2D eigenvalue weighted by atomic mass is 28.4. The second-order valence-electron chi connectivity index (χ2n) is 6.82. The molecule has 0 radical (unpaired) electrons. The summed E-state index contributed by atoms with van der Waals surface area (Å²) in [6.45, 7) is 14.2. The highest BCUT2D eigenvalue weighted by Crippen LogP contribution is 2.37. The third-order valence-corrected chi connectivity index (χ3v) is 8.66. The fourth-order valence-electron chi connectivity index (χ4n) is 1.65. The fourth-order valence-corrected chi connectivity index (χ4v) is 2.60. The number of benzene rings is 1. The van der Waals surface area contributed by atoms with E-state index in [1.165, 1.54) is 11.1 Å². The van der Waals surface area contributed by atoms with Crippen molar-refractivity contribution in [2.24, 2.45) is 0 Å². The predicted octanol–water partition coefficient (Wildman–Crippen LogP) is 4.52. The first-order valence-corrected chi connectivity index (χ1v) is 10.1. The largest absolute Gasteiger partial charge is 0.413 e. The molecule has 0 unspecified atom stereocenters. The van der Waals surface area contributed by atoms with Gasteiger partial charge < -0.3 is 9.53 Å². The third kappa shape index (κ3) is 4.58. The molecule has 0 saturated carbocycles. The number of aryl methyl sites for hydroxylation is 1. The smallest absolute Gasteiger partial charge is 0.192 e. The molecule has 1 rings (SSSR count). The summed E-state index contributed by atoms with van der Waals surface area (Å²) in [5.41, 5.74) is 3.60. The summed E-state index contributed by atoms with van der Waals surface area (Å²) in [6.07, 6.45) is 3.69. The van der Waals surface area contributed by atoms with Crippen LogP contribution in [-0.4, -0.2) is 20.0 Å². The van der Waals surface area contributed by atoms with Crippen molar-refractivity contribution in [2.75, 3.05) is 6.61 Å². The molecule has 0 atom stereocenters. The van der Waals surface area contributed by atoms with Gasteiger partial charge in [0, 0.05) is 0 Å². The van der Waals surface area contributed by atoms with Crippen molar-refractivity contribution in [1.82, 2.24) is 0 Å². The van der Waals surface area contributed by atoms with Gasteiger partial charge in [0.1, 0.15) is 0 Å². The van der Waals surface area contributed by atoms with Gasteiger partial charge in [0.2, 0.25) is 0 Å². The summed E-state index contributed by atoms with van der Waals surface area (Å²) in [6, 6.07) is 6.33. The zero-order chi connectivity index (χ0) is 15.4. The van der Waals surface area contributed by atoms with Gasteiger partial charge in [0.05, 0.1) is 13.2 Å². The number of hydrogen-bond acceptors (Lipinski definition) is 2. The topological polar surface area (TPSA) is 29.5 Å². The van der Waals surface area contributed by atoms with Crippen LogP contribution in [0.3, 0.4) is 0 Å². The van der Waals surface area contributed by atoms with E-state index in [1.54, 1.807) is 6.08 Å². The Morgan fingerprint density at radius 2 is 1.90 bits per heavy atom. The van der Waals surface area contributed by atoms with Crippen molar-refractivity contribution < 1.29 is 9.53 Å². The van der Waals surface area contributed by atoms with Crippen LogP contribution in [0.25, 0.3) is 6.08 Å². The van der Waals surface area contributed by atoms with Crippen LogP contribution in [-0.2, 0) is 11.0 Å². The molecule has 0 bridgehead atoms. The van der Waals surface area contributed by atoms with Crippen molar-refractivity contribution in [3.8, 4) is 0 Å². The molecule has 0 amide bonds. The lowest BCUT2D eigenvalue weighted by molar-refractivity contribution is 0.275. The lowest BCUT2D eigenvalue weighted by Crippen LogP contribution is -2.40. The molecule has 1 aromatic carbocycles. The number of aliphatic hydroxyl groups excluding tert-OH is 1. The molecule has 20 heavy (non-hydrogen) atoms. The Bertz CT molecular complexity index is 470. The lowest BCUT2D eigenvalue weighted by Gasteiger charge is -2.36. The summed E-state index contributed by atoms with van der Waals surface area (Å²) < 4.78 is 6.26. The Morgan fingerprint density at radius 3 is 2.40 bits per heavy atom. The van der Waals surface area contributed by atoms with Gasteiger partial charge in [-0.1, -0.05) is 51.1 Å². The molecule has 112 valence electrons. The molecule has 0 aliphatic carbocycles. The number of aliphatic hydroxyl groups is 1. The average molecular weight is 292 g/mol. The molecule has 0 fully saturated rings. The minimum absolute atomic E-state index is 0.0787. The molecular weight excluding hydrogens is 264 g/mol. The van der Waals surface area contributed by atoms with Gasteiger partial charge in [-0.3, -0.25) is 0 Å². The Hall–Kier alpha value is -0.903. The van der Waals surface area contributed by atoms with E-state index in [1.807, 2.05) is 6.08 Å². The molecule has 1 aromatic rings. The average Bonchev–Trinajstić information content (AvgIpc) is 2.33. The maximum absolute atomic E-state index is 8.80. The molecule has 1 N–H and O–H groups in total. The lowest BCUT2D eigenvalue weighted by atomic mass is 10.1. The maximum Gasteiger partial charge on any atom is 0.192 e. The minimum atomic E-state index is -1.69. The van der Waals surface area contributed by atoms with Crippen molar-refractivity contribution >= 4 is 14.4 Å². The van der Waals surface area contributed by atoms with Crippen LogP contribution in [0.1, 0.15) is 37.5 Å². The first-order chi connectivity index (χ1) is 9.17. The van der Waals surface area contributed by atoms with Crippen molar-refractivity contribution in [2.45, 2.75) is 52.4 Å². The Morgan fingerprint density at radius 1 is 1.25 bits per heavy atom. The standard InChI is InChI=1S/C17H28O2Si/c1-14-12-15(8-7-11-18)9-10-16(14)13-19-20(5,6)17(2,3)4/h7-10,12,18H,11,13H2,1-6H3. The summed E-state index contributed by atoms with van der Waals surface area (Å²) in [5, 5.41) is 9.04. The van der Waals surface area contributed by atoms with E-state index in [4.69, 9.17) is 9.53 Å². The van der Waals surface area contributed by atoms with E-state index < -0.39 is 8.32 Å². The quantitative estimate of drug-likeness (QED) is 0.808. The van der Waals surface area contributed by atoms with E-state index in [0.717, 1.165) is 5.56 Å². The van der Waals surface area contributed by atoms with Crippen molar-refractivity contribution in [1.29, 1.82) is 0 Å². The normalized spacial score (nSPS) is 13.2. The molecule has 0 aliphatic heterocycles. The summed E-state index contributed by atoms with van der Waals surface area (Å²) in [5.74, 6) is 0. The van der Waals surface area contributed by atoms with Gasteiger partial charge in [-0.25, -0.2) is 0 Å². The van der Waals surface area contributed by atoms with Gasteiger partial charge in [-0.15, -0.1) is 0 Å². The van der Waals surface area contributed by atoms with Gasteiger partial charge in [0.25, 0.3) is 0 Å². The van der Waals surface area contributed by atoms with Crippen LogP contribution in [0.4, 0.5) is 0 Å². The summed E-state index contributed by atoms with van der Waals surface area (Å²) in [7, 11) is -1.69. The third-order valence-electron chi connectivity index (χ3n) is 4.18. The SMILES string of the molecule is Cc1cc(C=CCO)ccc1CO[Si](C)(C)C(C)(C)C. The van der Waals surface area contributed by atoms with Crippen LogP contribution < -0.4 is 0 Å². The van der Waals surface area contributed by atoms with Gasteiger partial charge >= 0.3 is 0 Å². The highest BCUT2D eigenvalue weighted by Gasteiger charge is 2.37. The van der Waals surface area contributed by atoms with Crippen molar-refractivity contribution in [3.05, 3.63) is 41.0 Å². The Balaban J connectivity index is 2.77. The van der Waals surface area contributed by atoms with E-state index in [0.29, 0.717) is 6.61 Å². The zero-order valence-corrected chi connectivity index (χ0v) is 14.7. The molecule has 0 heterocycles. The second kappa shape index (κ2) is 6.70. The number of hydrogen-bond donors (Lipinski definition) is 1. The molecule has 0 aliphatic rings. The van der Waals surface area contributed by atoms with Gasteiger partial charge in [-0.2, -0.15) is 0 Å². The molecule has 0 aromatic heterocycles. The minimum Gasteiger partial charge on any atom is -0.413 e. The molecular formula is C17H28O2Si. The van der Waals surface area contributed by atoms with Crippen LogP contribution >= 0.6 is 0 Å². The Kier molecular flexibility index (Phi) is 5.75. The van der Waals surface area contributed by atoms with E-state index in [-0.39, 0.29) is 11.6 Å². The predicted molar refractivity (Wildman–Crippen MR) is 89.3 cm³/mol. The summed E-state index contributed by atoms with van der Waals surface area (Å²) >= 11 is 0. The van der Waals surface area contributed by atoms with Crippen LogP contribution in [0, 0.1) is 6.92 Å². The van der Waals surface area contributed by atoms with Crippen molar-refractivity contribution in [3.63, 3.8) is 0 Å². The highest BCUT2D eigenvalue weighted by molar-refractivity contribution is 6.74. The van der Waals surface area contributed by atoms with E-state index >= 15 is 0 Å². The van der Waals surface area contributed by atoms with E-state index in [9.17, 15) is 0 Å². The first-order valence-electron chi connectivity index (χ1n) is 7.18. The molecule has 0 saturated heterocycles. The maximum atomic E-state index is 8.80. The molecule has 0 spiro atoms. The van der Waals surface area contributed by atoms with Crippen LogP contribution in [0.2, 0.25) is 18.1 Å². The molecule has 2 nitrogen and oxygen atoms in total. The van der Waals surface area contributed by atoms with Gasteiger partial charge in [0.15, 0.2) is 8.32 Å². The first kappa shape index (κ1) is 17.1. The monoisotopic (exact) mass is 292 g/mol. The summed E-state index contributed by atoms with van der Waals surface area (Å²) in [4.78, 5) is 0. The molecule has 3 heteroatoms.